The van der Waals surface area contributed by atoms with Crippen molar-refractivity contribution < 1.29 is 35.3 Å². The first kappa shape index (κ1) is 16.6. The van der Waals surface area contributed by atoms with Crippen molar-refractivity contribution in [1.82, 2.24) is 0 Å². The Labute approximate surface area is 125 Å². The van der Waals surface area contributed by atoms with Crippen LogP contribution in [0.25, 0.3) is 0 Å². The van der Waals surface area contributed by atoms with E-state index in [1.54, 1.807) is 0 Å². The Kier molecular flexibility index (Phi) is 4.37. The topological polar surface area (TPSA) is 69.7 Å². The van der Waals surface area contributed by atoms with Crippen molar-refractivity contribution in [3.05, 3.63) is 29.3 Å². The van der Waals surface area contributed by atoms with Gasteiger partial charge < -0.3 is 8.92 Å². The van der Waals surface area contributed by atoms with Crippen LogP contribution in [0, 0.1) is 0 Å². The lowest BCUT2D eigenvalue weighted by atomic mass is 9.83. The molecule has 0 N–H and O–H groups in total. The molecular weight excluding hydrogens is 325 g/mol. The summed E-state index contributed by atoms with van der Waals surface area (Å²) in [4.78, 5) is 11.7. The number of rotatable bonds is 3. The number of hydrogen-bond donors (Lipinski definition) is 0. The van der Waals surface area contributed by atoms with Gasteiger partial charge in [-0.15, -0.1) is 0 Å². The summed E-state index contributed by atoms with van der Waals surface area (Å²) in [5.41, 5.74) is -4.29. The van der Waals surface area contributed by atoms with Gasteiger partial charge in [-0.2, -0.15) is 21.6 Å². The molecule has 0 saturated carbocycles. The molecule has 0 heterocycles. The maximum Gasteiger partial charge on any atom is 0.534 e. The number of fused-ring (bicyclic) bond motifs is 1. The SMILES string of the molecule is COC(=O)C1CCCc2cc(OS(=O)(=O)C(F)(F)F)ccc21. The predicted octanol–water partition coefficient (Wildman–Crippen LogP) is 2.51. The fraction of sp³-hybridized carbons (Fsp3) is 0.462. The Hall–Kier alpha value is -1.77. The van der Waals surface area contributed by atoms with E-state index in [4.69, 9.17) is 0 Å². The molecule has 0 radical (unpaired) electrons. The van der Waals surface area contributed by atoms with Crippen LogP contribution in [0.3, 0.4) is 0 Å². The first-order valence-corrected chi connectivity index (χ1v) is 7.78. The number of aryl methyl sites for hydroxylation is 1. The summed E-state index contributed by atoms with van der Waals surface area (Å²) in [6.07, 6.45) is 1.73. The number of alkyl halides is 3. The Balaban J connectivity index is 2.31. The number of halogens is 3. The molecule has 2 rings (SSSR count). The summed E-state index contributed by atoms with van der Waals surface area (Å²) in [5.74, 6) is -1.36. The van der Waals surface area contributed by atoms with Crippen LogP contribution in [-0.4, -0.2) is 27.0 Å². The van der Waals surface area contributed by atoms with Gasteiger partial charge in [0.1, 0.15) is 5.75 Å². The number of carbonyl (C=O) groups excluding carboxylic acids is 1. The highest BCUT2D eigenvalue weighted by Crippen LogP contribution is 2.35. The van der Waals surface area contributed by atoms with E-state index in [1.807, 2.05) is 0 Å². The summed E-state index contributed by atoms with van der Waals surface area (Å²) in [6.45, 7) is 0. The Morgan fingerprint density at radius 2 is 2.00 bits per heavy atom. The number of ether oxygens (including phenoxy) is 1. The molecule has 1 atom stereocenters. The highest BCUT2D eigenvalue weighted by molar-refractivity contribution is 7.88. The molecule has 0 aromatic heterocycles. The average Bonchev–Trinajstić information content (AvgIpc) is 2.44. The third kappa shape index (κ3) is 3.18. The number of methoxy groups -OCH3 is 1. The second-order valence-electron chi connectivity index (χ2n) is 4.81. The minimum Gasteiger partial charge on any atom is -0.469 e. The predicted molar refractivity (Wildman–Crippen MR) is 69.7 cm³/mol. The van der Waals surface area contributed by atoms with Gasteiger partial charge in [-0.05, 0) is 42.5 Å². The van der Waals surface area contributed by atoms with Crippen molar-refractivity contribution in [3.8, 4) is 5.75 Å². The van der Waals surface area contributed by atoms with Crippen LogP contribution in [0.15, 0.2) is 18.2 Å². The maximum atomic E-state index is 12.3. The van der Waals surface area contributed by atoms with E-state index < -0.39 is 33.3 Å². The number of benzene rings is 1. The molecule has 1 aromatic carbocycles. The van der Waals surface area contributed by atoms with Gasteiger partial charge in [0.2, 0.25) is 0 Å². The Morgan fingerprint density at radius 3 is 2.59 bits per heavy atom. The second-order valence-corrected chi connectivity index (χ2v) is 6.35. The van der Waals surface area contributed by atoms with E-state index in [-0.39, 0.29) is 0 Å². The molecule has 1 aromatic rings. The van der Waals surface area contributed by atoms with Gasteiger partial charge in [0, 0.05) is 0 Å². The van der Waals surface area contributed by atoms with Crippen molar-refractivity contribution in [3.63, 3.8) is 0 Å². The van der Waals surface area contributed by atoms with E-state index in [1.165, 1.54) is 19.2 Å². The molecule has 1 aliphatic rings. The maximum absolute atomic E-state index is 12.3. The van der Waals surface area contributed by atoms with Gasteiger partial charge in [-0.25, -0.2) is 0 Å². The normalized spacial score (nSPS) is 18.5. The van der Waals surface area contributed by atoms with Crippen LogP contribution in [0.4, 0.5) is 13.2 Å². The van der Waals surface area contributed by atoms with Gasteiger partial charge in [0.15, 0.2) is 0 Å². The smallest absolute Gasteiger partial charge is 0.469 e. The number of carbonyl (C=O) groups is 1. The first-order chi connectivity index (χ1) is 10.2. The highest BCUT2D eigenvalue weighted by atomic mass is 32.2. The van der Waals surface area contributed by atoms with Crippen molar-refractivity contribution >= 4 is 16.1 Å². The quantitative estimate of drug-likeness (QED) is 0.481. The van der Waals surface area contributed by atoms with E-state index >= 15 is 0 Å². The molecule has 0 bridgehead atoms. The fourth-order valence-electron chi connectivity index (χ4n) is 2.40. The van der Waals surface area contributed by atoms with Gasteiger partial charge in [0.05, 0.1) is 13.0 Å². The highest BCUT2D eigenvalue weighted by Gasteiger charge is 2.48. The van der Waals surface area contributed by atoms with Gasteiger partial charge in [-0.1, -0.05) is 6.07 Å². The third-order valence-corrected chi connectivity index (χ3v) is 4.38. The third-order valence-electron chi connectivity index (χ3n) is 3.40. The van der Waals surface area contributed by atoms with Crippen molar-refractivity contribution in [2.75, 3.05) is 7.11 Å². The van der Waals surface area contributed by atoms with Crippen molar-refractivity contribution in [2.24, 2.45) is 0 Å². The van der Waals surface area contributed by atoms with Gasteiger partial charge in [-0.3, -0.25) is 4.79 Å². The summed E-state index contributed by atoms with van der Waals surface area (Å²) in [7, 11) is -4.45. The van der Waals surface area contributed by atoms with Crippen LogP contribution in [0.1, 0.15) is 29.9 Å². The van der Waals surface area contributed by atoms with Crippen LogP contribution in [0.2, 0.25) is 0 Å². The second kappa shape index (κ2) is 5.79. The van der Waals surface area contributed by atoms with E-state index in [2.05, 4.69) is 8.92 Å². The fourth-order valence-corrected chi connectivity index (χ4v) is 2.86. The Bertz CT molecular complexity index is 681. The molecule has 0 saturated heterocycles. The summed E-state index contributed by atoms with van der Waals surface area (Å²) < 4.78 is 67.6. The van der Waals surface area contributed by atoms with Crippen molar-refractivity contribution in [1.29, 1.82) is 0 Å². The number of esters is 1. The zero-order valence-corrected chi connectivity index (χ0v) is 12.3. The van der Waals surface area contributed by atoms with E-state index in [0.717, 1.165) is 6.07 Å². The van der Waals surface area contributed by atoms with Crippen LogP contribution in [0.5, 0.6) is 5.75 Å². The molecule has 0 fully saturated rings. The summed E-state index contributed by atoms with van der Waals surface area (Å²) in [6, 6.07) is 3.72. The molecule has 0 spiro atoms. The monoisotopic (exact) mass is 338 g/mol. The lowest BCUT2D eigenvalue weighted by molar-refractivity contribution is -0.142. The Morgan fingerprint density at radius 1 is 1.32 bits per heavy atom. The molecule has 122 valence electrons. The molecule has 22 heavy (non-hydrogen) atoms. The lowest BCUT2D eigenvalue weighted by Gasteiger charge is -2.24. The average molecular weight is 338 g/mol. The van der Waals surface area contributed by atoms with Crippen LogP contribution < -0.4 is 4.18 Å². The van der Waals surface area contributed by atoms with Crippen molar-refractivity contribution in [2.45, 2.75) is 30.7 Å². The molecule has 0 amide bonds. The minimum atomic E-state index is -5.70. The van der Waals surface area contributed by atoms with E-state index in [0.29, 0.717) is 30.4 Å². The molecular formula is C13H13F3O5S. The molecule has 9 heteroatoms. The zero-order chi connectivity index (χ0) is 16.5. The lowest BCUT2D eigenvalue weighted by Crippen LogP contribution is -2.28. The summed E-state index contributed by atoms with van der Waals surface area (Å²) >= 11 is 0. The first-order valence-electron chi connectivity index (χ1n) is 6.37. The molecule has 1 unspecified atom stereocenters. The zero-order valence-electron chi connectivity index (χ0n) is 11.5. The van der Waals surface area contributed by atoms with Crippen LogP contribution >= 0.6 is 0 Å². The number of hydrogen-bond acceptors (Lipinski definition) is 5. The minimum absolute atomic E-state index is 0.429. The van der Waals surface area contributed by atoms with Crippen LogP contribution in [-0.2, 0) is 26.1 Å². The molecule has 0 aliphatic heterocycles. The van der Waals surface area contributed by atoms with Gasteiger partial charge >= 0.3 is 21.6 Å². The summed E-state index contributed by atoms with van der Waals surface area (Å²) in [5, 5.41) is 0. The molecule has 5 nitrogen and oxygen atoms in total. The van der Waals surface area contributed by atoms with Gasteiger partial charge in [0.25, 0.3) is 0 Å². The standard InChI is InChI=1S/C13H13F3O5S/c1-20-12(17)11-4-2-3-8-7-9(5-6-10(8)11)21-22(18,19)13(14,15)16/h5-7,11H,2-4H2,1H3. The van der Waals surface area contributed by atoms with E-state index in [9.17, 15) is 26.4 Å². The molecule has 1 aliphatic carbocycles. The largest absolute Gasteiger partial charge is 0.534 e.